The minimum Gasteiger partial charge on any atom is -0.352 e. The van der Waals surface area contributed by atoms with E-state index in [1.165, 1.54) is 12.1 Å². The number of carbonyl (C=O) groups is 1. The Balaban J connectivity index is 2.88. The lowest BCUT2D eigenvalue weighted by Crippen LogP contribution is -2.24. The number of carbonyl (C=O) groups excluding carboxylic acids is 1. The van der Waals surface area contributed by atoms with Crippen LogP contribution in [0.1, 0.15) is 16.8 Å². The Hall–Kier alpha value is -1.88. The van der Waals surface area contributed by atoms with Gasteiger partial charge in [-0.05, 0) is 12.5 Å². The molecule has 1 amide bonds. The molecule has 0 fully saturated rings. The minimum atomic E-state index is -0.573. The fourth-order valence-electron chi connectivity index (χ4n) is 1.18. The van der Waals surface area contributed by atoms with Crippen LogP contribution in [0.15, 0.2) is 30.9 Å². The van der Waals surface area contributed by atoms with Gasteiger partial charge in [-0.2, -0.15) is 0 Å². The molecule has 1 aromatic rings. The van der Waals surface area contributed by atoms with Gasteiger partial charge in [0.15, 0.2) is 0 Å². The smallest absolute Gasteiger partial charge is 0.270 e. The van der Waals surface area contributed by atoms with Crippen LogP contribution in [0, 0.1) is 10.1 Å². The van der Waals surface area contributed by atoms with E-state index in [0.717, 1.165) is 6.07 Å². The SMILES string of the molecule is C=CCCNC(=O)c1cc([N+](=O)[O-])ccc1Cl. The third-order valence-electron chi connectivity index (χ3n) is 2.04. The molecular weight excluding hydrogens is 244 g/mol. The number of rotatable bonds is 5. The number of nitrogens with zero attached hydrogens (tertiary/aromatic N) is 1. The average molecular weight is 255 g/mol. The Morgan fingerprint density at radius 2 is 2.29 bits per heavy atom. The number of hydrogen-bond donors (Lipinski definition) is 1. The van der Waals surface area contributed by atoms with Gasteiger partial charge < -0.3 is 5.32 Å². The molecule has 0 saturated carbocycles. The van der Waals surface area contributed by atoms with Gasteiger partial charge in [0, 0.05) is 18.7 Å². The normalized spacial score (nSPS) is 9.71. The number of non-ortho nitro benzene ring substituents is 1. The molecule has 17 heavy (non-hydrogen) atoms. The topological polar surface area (TPSA) is 72.2 Å². The Morgan fingerprint density at radius 1 is 1.59 bits per heavy atom. The van der Waals surface area contributed by atoms with Crippen LogP contribution < -0.4 is 5.32 Å². The first kappa shape index (κ1) is 13.2. The maximum atomic E-state index is 11.7. The van der Waals surface area contributed by atoms with Gasteiger partial charge in [-0.3, -0.25) is 14.9 Å². The van der Waals surface area contributed by atoms with E-state index in [4.69, 9.17) is 11.6 Å². The molecule has 0 heterocycles. The van der Waals surface area contributed by atoms with Gasteiger partial charge in [0.05, 0.1) is 15.5 Å². The summed E-state index contributed by atoms with van der Waals surface area (Å²) in [4.78, 5) is 21.7. The van der Waals surface area contributed by atoms with Gasteiger partial charge in [-0.25, -0.2) is 0 Å². The van der Waals surface area contributed by atoms with Crippen molar-refractivity contribution in [1.82, 2.24) is 5.32 Å². The van der Waals surface area contributed by atoms with E-state index in [1.807, 2.05) is 0 Å². The molecule has 0 aliphatic carbocycles. The standard InChI is InChI=1S/C11H11ClN2O3/c1-2-3-6-13-11(15)9-7-8(14(16)17)4-5-10(9)12/h2,4-5,7H,1,3,6H2,(H,13,15). The molecule has 0 bridgehead atoms. The zero-order valence-electron chi connectivity index (χ0n) is 8.98. The van der Waals surface area contributed by atoms with Crippen LogP contribution >= 0.6 is 11.6 Å². The second kappa shape index (κ2) is 6.00. The summed E-state index contributed by atoms with van der Waals surface area (Å²) in [5.74, 6) is -0.430. The van der Waals surface area contributed by atoms with Crippen molar-refractivity contribution in [1.29, 1.82) is 0 Å². The maximum Gasteiger partial charge on any atom is 0.270 e. The minimum absolute atomic E-state index is 0.102. The molecule has 0 radical (unpaired) electrons. The summed E-state index contributed by atoms with van der Waals surface area (Å²) in [5, 5.41) is 13.3. The molecule has 0 atom stereocenters. The predicted molar refractivity (Wildman–Crippen MR) is 65.3 cm³/mol. The summed E-state index contributed by atoms with van der Waals surface area (Å²) in [5.41, 5.74) is -0.0619. The number of nitrogens with one attached hydrogen (secondary N) is 1. The fourth-order valence-corrected chi connectivity index (χ4v) is 1.39. The van der Waals surface area contributed by atoms with Crippen LogP contribution in [0.2, 0.25) is 5.02 Å². The zero-order chi connectivity index (χ0) is 12.8. The van der Waals surface area contributed by atoms with E-state index in [0.29, 0.717) is 13.0 Å². The maximum absolute atomic E-state index is 11.7. The third-order valence-corrected chi connectivity index (χ3v) is 2.37. The van der Waals surface area contributed by atoms with Crippen molar-refractivity contribution in [2.45, 2.75) is 6.42 Å². The molecule has 6 heteroatoms. The first-order valence-electron chi connectivity index (χ1n) is 4.89. The summed E-state index contributed by atoms with van der Waals surface area (Å²) in [7, 11) is 0. The van der Waals surface area contributed by atoms with E-state index < -0.39 is 10.8 Å². The summed E-state index contributed by atoms with van der Waals surface area (Å²) in [6.07, 6.45) is 2.29. The number of nitro benzene ring substituents is 1. The summed E-state index contributed by atoms with van der Waals surface area (Å²) in [6.45, 7) is 3.94. The second-order valence-electron chi connectivity index (χ2n) is 3.25. The lowest BCUT2D eigenvalue weighted by Gasteiger charge is -2.05. The van der Waals surface area contributed by atoms with Crippen molar-refractivity contribution in [3.8, 4) is 0 Å². The molecule has 0 saturated heterocycles. The number of amides is 1. The summed E-state index contributed by atoms with van der Waals surface area (Å²) < 4.78 is 0. The van der Waals surface area contributed by atoms with Gasteiger partial charge in [-0.15, -0.1) is 6.58 Å². The molecule has 1 rings (SSSR count). The quantitative estimate of drug-likeness (QED) is 0.380. The molecule has 5 nitrogen and oxygen atoms in total. The van der Waals surface area contributed by atoms with Crippen molar-refractivity contribution in [2.75, 3.05) is 6.54 Å². The zero-order valence-corrected chi connectivity index (χ0v) is 9.74. The second-order valence-corrected chi connectivity index (χ2v) is 3.66. The molecule has 90 valence electrons. The highest BCUT2D eigenvalue weighted by molar-refractivity contribution is 6.33. The monoisotopic (exact) mass is 254 g/mol. The molecular formula is C11H11ClN2O3. The highest BCUT2D eigenvalue weighted by Gasteiger charge is 2.15. The van der Waals surface area contributed by atoms with Crippen LogP contribution in [0.25, 0.3) is 0 Å². The highest BCUT2D eigenvalue weighted by Crippen LogP contribution is 2.21. The lowest BCUT2D eigenvalue weighted by molar-refractivity contribution is -0.384. The van der Waals surface area contributed by atoms with Gasteiger partial charge in [-0.1, -0.05) is 17.7 Å². The van der Waals surface area contributed by atoms with Crippen LogP contribution in [-0.2, 0) is 0 Å². The van der Waals surface area contributed by atoms with Gasteiger partial charge in [0.25, 0.3) is 11.6 Å². The van der Waals surface area contributed by atoms with Crippen molar-refractivity contribution >= 4 is 23.2 Å². The van der Waals surface area contributed by atoms with E-state index in [9.17, 15) is 14.9 Å². The van der Waals surface area contributed by atoms with Crippen LogP contribution in [0.4, 0.5) is 5.69 Å². The van der Waals surface area contributed by atoms with Crippen LogP contribution in [0.3, 0.4) is 0 Å². The first-order valence-corrected chi connectivity index (χ1v) is 5.27. The van der Waals surface area contributed by atoms with Crippen molar-refractivity contribution in [3.05, 3.63) is 51.6 Å². The number of halogens is 1. The van der Waals surface area contributed by atoms with Crippen molar-refractivity contribution in [3.63, 3.8) is 0 Å². The average Bonchev–Trinajstić information content (AvgIpc) is 2.29. The number of benzene rings is 1. The molecule has 0 aliphatic heterocycles. The Bertz CT molecular complexity index is 460. The van der Waals surface area contributed by atoms with Crippen molar-refractivity contribution in [2.24, 2.45) is 0 Å². The summed E-state index contributed by atoms with van der Waals surface area (Å²) in [6, 6.07) is 3.75. The Kier molecular flexibility index (Phi) is 4.66. The van der Waals surface area contributed by atoms with E-state index in [-0.39, 0.29) is 16.3 Å². The van der Waals surface area contributed by atoms with E-state index >= 15 is 0 Å². The Morgan fingerprint density at radius 3 is 2.88 bits per heavy atom. The molecule has 0 aromatic heterocycles. The first-order chi connectivity index (χ1) is 8.06. The van der Waals surface area contributed by atoms with E-state index in [1.54, 1.807) is 6.08 Å². The molecule has 1 N–H and O–H groups in total. The lowest BCUT2D eigenvalue weighted by atomic mass is 10.2. The third kappa shape index (κ3) is 3.57. The molecule has 0 unspecified atom stereocenters. The van der Waals surface area contributed by atoms with Crippen LogP contribution in [0.5, 0.6) is 0 Å². The number of hydrogen-bond acceptors (Lipinski definition) is 3. The van der Waals surface area contributed by atoms with Gasteiger partial charge >= 0.3 is 0 Å². The van der Waals surface area contributed by atoms with Gasteiger partial charge in [0.2, 0.25) is 0 Å². The number of nitro groups is 1. The fraction of sp³-hybridized carbons (Fsp3) is 0.182. The predicted octanol–water partition coefficient (Wildman–Crippen LogP) is 2.55. The van der Waals surface area contributed by atoms with Gasteiger partial charge in [0.1, 0.15) is 0 Å². The highest BCUT2D eigenvalue weighted by atomic mass is 35.5. The van der Waals surface area contributed by atoms with Crippen LogP contribution in [-0.4, -0.2) is 17.4 Å². The molecule has 1 aromatic carbocycles. The van der Waals surface area contributed by atoms with Crippen molar-refractivity contribution < 1.29 is 9.72 Å². The molecule has 0 spiro atoms. The molecule has 0 aliphatic rings. The summed E-state index contributed by atoms with van der Waals surface area (Å²) >= 11 is 5.80. The van der Waals surface area contributed by atoms with E-state index in [2.05, 4.69) is 11.9 Å². The largest absolute Gasteiger partial charge is 0.352 e. The Labute approximate surface area is 103 Å².